The number of hydrogen-bond acceptors (Lipinski definition) is 5. The van der Waals surface area contributed by atoms with Crippen molar-refractivity contribution in [3.05, 3.63) is 33.8 Å². The molecule has 0 aliphatic carbocycles. The second-order valence-corrected chi connectivity index (χ2v) is 7.83. The van der Waals surface area contributed by atoms with Gasteiger partial charge in [-0.05, 0) is 23.4 Å². The standard InChI is InChI=1S/C11H10Cl2N2S3/c1-2-16-10-14-15-11(18-10)17-6-7-3-4-8(12)9(13)5-7/h3-5H,2,6H2,1H3. The predicted molar refractivity (Wildman–Crippen MR) is 82.3 cm³/mol. The number of hydrogen-bond donors (Lipinski definition) is 0. The van der Waals surface area contributed by atoms with Crippen LogP contribution in [-0.2, 0) is 5.75 Å². The Morgan fingerprint density at radius 2 is 1.83 bits per heavy atom. The van der Waals surface area contributed by atoms with E-state index in [0.29, 0.717) is 10.0 Å². The lowest BCUT2D eigenvalue weighted by atomic mass is 10.2. The summed E-state index contributed by atoms with van der Waals surface area (Å²) in [7, 11) is 0. The summed E-state index contributed by atoms with van der Waals surface area (Å²) in [6, 6.07) is 5.68. The first kappa shape index (κ1) is 14.5. The molecule has 0 atom stereocenters. The number of aromatic nitrogens is 2. The van der Waals surface area contributed by atoms with E-state index in [0.717, 1.165) is 25.7 Å². The van der Waals surface area contributed by atoms with Gasteiger partial charge in [0, 0.05) is 5.75 Å². The number of rotatable bonds is 5. The predicted octanol–water partition coefficient (Wildman–Crippen LogP) is 5.25. The van der Waals surface area contributed by atoms with Crippen molar-refractivity contribution >= 4 is 58.1 Å². The topological polar surface area (TPSA) is 25.8 Å². The van der Waals surface area contributed by atoms with E-state index in [1.807, 2.05) is 18.2 Å². The highest BCUT2D eigenvalue weighted by Crippen LogP contribution is 2.31. The molecule has 7 heteroatoms. The van der Waals surface area contributed by atoms with Crippen molar-refractivity contribution in [1.29, 1.82) is 0 Å². The number of nitrogens with zero attached hydrogens (tertiary/aromatic N) is 2. The SMILES string of the molecule is CCSc1nnc(SCc2ccc(Cl)c(Cl)c2)s1. The highest BCUT2D eigenvalue weighted by atomic mass is 35.5. The van der Waals surface area contributed by atoms with Crippen molar-refractivity contribution in [2.75, 3.05) is 5.75 Å². The summed E-state index contributed by atoms with van der Waals surface area (Å²) in [4.78, 5) is 0. The molecule has 0 N–H and O–H groups in total. The van der Waals surface area contributed by atoms with Gasteiger partial charge in [0.2, 0.25) is 0 Å². The van der Waals surface area contributed by atoms with E-state index in [9.17, 15) is 0 Å². The molecule has 1 aromatic carbocycles. The first-order valence-corrected chi connectivity index (χ1v) is 8.76. The molecule has 1 aromatic heterocycles. The average molecular weight is 337 g/mol. The number of thioether (sulfide) groups is 2. The molecule has 2 rings (SSSR count). The van der Waals surface area contributed by atoms with Gasteiger partial charge in [-0.3, -0.25) is 0 Å². The zero-order valence-corrected chi connectivity index (χ0v) is 13.5. The van der Waals surface area contributed by atoms with Crippen molar-refractivity contribution in [2.24, 2.45) is 0 Å². The quantitative estimate of drug-likeness (QED) is 0.696. The van der Waals surface area contributed by atoms with Crippen LogP contribution < -0.4 is 0 Å². The van der Waals surface area contributed by atoms with Crippen molar-refractivity contribution in [3.63, 3.8) is 0 Å². The third-order valence-corrected chi connectivity index (χ3v) is 5.88. The maximum absolute atomic E-state index is 5.97. The molecule has 0 fully saturated rings. The molecule has 96 valence electrons. The van der Waals surface area contributed by atoms with Crippen LogP contribution >= 0.6 is 58.1 Å². The Morgan fingerprint density at radius 1 is 1.11 bits per heavy atom. The zero-order chi connectivity index (χ0) is 13.0. The van der Waals surface area contributed by atoms with E-state index < -0.39 is 0 Å². The van der Waals surface area contributed by atoms with Crippen LogP contribution in [-0.4, -0.2) is 16.0 Å². The van der Waals surface area contributed by atoms with E-state index in [2.05, 4.69) is 17.1 Å². The third-order valence-electron chi connectivity index (χ3n) is 2.00. The Hall–Kier alpha value is 0.0600. The fourth-order valence-corrected chi connectivity index (χ4v) is 4.39. The first-order valence-electron chi connectivity index (χ1n) is 5.22. The fourth-order valence-electron chi connectivity index (χ4n) is 1.21. The lowest BCUT2D eigenvalue weighted by Crippen LogP contribution is -1.81. The first-order chi connectivity index (χ1) is 8.69. The molecular weight excluding hydrogens is 327 g/mol. The van der Waals surface area contributed by atoms with Gasteiger partial charge in [0.15, 0.2) is 8.68 Å². The van der Waals surface area contributed by atoms with E-state index >= 15 is 0 Å². The maximum Gasteiger partial charge on any atom is 0.175 e. The highest BCUT2D eigenvalue weighted by molar-refractivity contribution is 8.02. The van der Waals surface area contributed by atoms with Gasteiger partial charge in [0.05, 0.1) is 10.0 Å². The van der Waals surface area contributed by atoms with Crippen LogP contribution in [0.5, 0.6) is 0 Å². The molecule has 0 saturated carbocycles. The third kappa shape index (κ3) is 4.03. The second-order valence-electron chi connectivity index (χ2n) is 3.30. The van der Waals surface area contributed by atoms with E-state index in [4.69, 9.17) is 23.2 Å². The lowest BCUT2D eigenvalue weighted by Gasteiger charge is -2.00. The molecule has 0 spiro atoms. The molecule has 1 heterocycles. The van der Waals surface area contributed by atoms with Crippen molar-refractivity contribution < 1.29 is 0 Å². The summed E-state index contributed by atoms with van der Waals surface area (Å²) < 4.78 is 2.01. The molecule has 0 bridgehead atoms. The van der Waals surface area contributed by atoms with Crippen molar-refractivity contribution in [2.45, 2.75) is 21.4 Å². The highest BCUT2D eigenvalue weighted by Gasteiger charge is 2.06. The van der Waals surface area contributed by atoms with E-state index in [-0.39, 0.29) is 0 Å². The second kappa shape index (κ2) is 7.01. The lowest BCUT2D eigenvalue weighted by molar-refractivity contribution is 0.954. The van der Waals surface area contributed by atoms with Crippen LogP contribution in [0.3, 0.4) is 0 Å². The van der Waals surface area contributed by atoms with Gasteiger partial charge < -0.3 is 0 Å². The summed E-state index contributed by atoms with van der Waals surface area (Å²) in [5.41, 5.74) is 1.13. The molecule has 2 nitrogen and oxygen atoms in total. The molecule has 0 aliphatic rings. The van der Waals surface area contributed by atoms with Crippen LogP contribution in [0.2, 0.25) is 10.0 Å². The van der Waals surface area contributed by atoms with Gasteiger partial charge in [-0.15, -0.1) is 10.2 Å². The summed E-state index contributed by atoms with van der Waals surface area (Å²) in [6.07, 6.45) is 0. The molecule has 0 unspecified atom stereocenters. The summed E-state index contributed by atoms with van der Waals surface area (Å²) in [5.74, 6) is 1.84. The smallest absolute Gasteiger partial charge is 0.131 e. The summed E-state index contributed by atoms with van der Waals surface area (Å²) in [6.45, 7) is 2.11. The Kier molecular flexibility index (Phi) is 5.63. The Bertz CT molecular complexity index is 531. The molecule has 18 heavy (non-hydrogen) atoms. The zero-order valence-electron chi connectivity index (χ0n) is 9.52. The van der Waals surface area contributed by atoms with Crippen molar-refractivity contribution in [1.82, 2.24) is 10.2 Å². The number of halogens is 2. The largest absolute Gasteiger partial charge is 0.175 e. The number of benzene rings is 1. The Balaban J connectivity index is 1.95. The maximum atomic E-state index is 5.97. The van der Waals surface area contributed by atoms with Crippen molar-refractivity contribution in [3.8, 4) is 0 Å². The van der Waals surface area contributed by atoms with Gasteiger partial charge in [-0.2, -0.15) is 0 Å². The Morgan fingerprint density at radius 3 is 2.50 bits per heavy atom. The minimum atomic E-state index is 0.586. The van der Waals surface area contributed by atoms with Crippen LogP contribution in [0.1, 0.15) is 12.5 Å². The average Bonchev–Trinajstić information content (AvgIpc) is 2.79. The normalized spacial score (nSPS) is 10.8. The van der Waals surface area contributed by atoms with Gasteiger partial charge in [0.25, 0.3) is 0 Å². The van der Waals surface area contributed by atoms with Crippen LogP contribution in [0.25, 0.3) is 0 Å². The molecule has 0 radical (unpaired) electrons. The van der Waals surface area contributed by atoms with Crippen LogP contribution in [0.15, 0.2) is 26.9 Å². The molecule has 0 saturated heterocycles. The Labute approximate surface area is 128 Å². The molecule has 0 amide bonds. The molecular formula is C11H10Cl2N2S3. The summed E-state index contributed by atoms with van der Waals surface area (Å²) >= 11 is 16.9. The van der Waals surface area contributed by atoms with Gasteiger partial charge in [-0.25, -0.2) is 0 Å². The minimum absolute atomic E-state index is 0.586. The molecule has 2 aromatic rings. The van der Waals surface area contributed by atoms with Gasteiger partial charge >= 0.3 is 0 Å². The van der Waals surface area contributed by atoms with Gasteiger partial charge in [-0.1, -0.05) is 71.1 Å². The van der Waals surface area contributed by atoms with E-state index in [1.54, 1.807) is 34.9 Å². The van der Waals surface area contributed by atoms with Crippen LogP contribution in [0.4, 0.5) is 0 Å². The fraction of sp³-hybridized carbons (Fsp3) is 0.273. The molecule has 0 aliphatic heterocycles. The minimum Gasteiger partial charge on any atom is -0.131 e. The monoisotopic (exact) mass is 336 g/mol. The summed E-state index contributed by atoms with van der Waals surface area (Å²) in [5, 5.41) is 9.43. The van der Waals surface area contributed by atoms with Gasteiger partial charge in [0.1, 0.15) is 0 Å². The van der Waals surface area contributed by atoms with Crippen LogP contribution in [0, 0.1) is 0 Å². The van der Waals surface area contributed by atoms with E-state index in [1.165, 1.54) is 0 Å².